The van der Waals surface area contributed by atoms with E-state index in [-0.39, 0.29) is 17.9 Å². The second-order valence-corrected chi connectivity index (χ2v) is 4.25. The van der Waals surface area contributed by atoms with Crippen LogP contribution < -0.4 is 5.32 Å². The number of pyridine rings is 1. The number of aromatic nitrogens is 3. The Hall–Kier alpha value is -1.43. The number of nitrogens with zero attached hydrogens (tertiary/aromatic N) is 3. The van der Waals surface area contributed by atoms with Crippen LogP contribution in [-0.2, 0) is 0 Å². The molecule has 0 amide bonds. The van der Waals surface area contributed by atoms with E-state index in [1.54, 1.807) is 18.5 Å². The molecule has 0 unspecified atom stereocenters. The number of anilines is 1. The van der Waals surface area contributed by atoms with E-state index in [0.29, 0.717) is 10.8 Å². The molecule has 0 aliphatic carbocycles. The van der Waals surface area contributed by atoms with Gasteiger partial charge >= 0.3 is 0 Å². The molecule has 0 spiro atoms. The molecule has 0 aliphatic rings. The highest BCUT2D eigenvalue weighted by molar-refractivity contribution is 6.33. The summed E-state index contributed by atoms with van der Waals surface area (Å²) in [6.07, 6.45) is 4.72. The Labute approximate surface area is 114 Å². The van der Waals surface area contributed by atoms with Crippen LogP contribution in [0.1, 0.15) is 11.6 Å². The van der Waals surface area contributed by atoms with Gasteiger partial charge in [-0.1, -0.05) is 17.7 Å². The Kier molecular flexibility index (Phi) is 4.30. The SMILES string of the molecule is OC[C@@H](Nc1nc(Cl)ncc1Cl)c1cccnc1. The molecule has 2 heterocycles. The van der Waals surface area contributed by atoms with Gasteiger partial charge in [-0.2, -0.15) is 4.98 Å². The van der Waals surface area contributed by atoms with Crippen molar-refractivity contribution in [3.63, 3.8) is 0 Å². The average Bonchev–Trinajstić information content (AvgIpc) is 2.41. The molecule has 2 rings (SSSR count). The predicted molar refractivity (Wildman–Crippen MR) is 69.7 cm³/mol. The largest absolute Gasteiger partial charge is 0.394 e. The van der Waals surface area contributed by atoms with Crippen LogP contribution in [0.3, 0.4) is 0 Å². The molecule has 0 aliphatic heterocycles. The van der Waals surface area contributed by atoms with Crippen molar-refractivity contribution in [2.75, 3.05) is 11.9 Å². The summed E-state index contributed by atoms with van der Waals surface area (Å²) in [4.78, 5) is 11.7. The summed E-state index contributed by atoms with van der Waals surface area (Å²) in [6, 6.07) is 3.27. The highest BCUT2D eigenvalue weighted by Gasteiger charge is 2.13. The Balaban J connectivity index is 2.23. The molecule has 1 atom stereocenters. The fourth-order valence-electron chi connectivity index (χ4n) is 1.43. The van der Waals surface area contributed by atoms with E-state index in [2.05, 4.69) is 20.3 Å². The van der Waals surface area contributed by atoms with Gasteiger partial charge in [0, 0.05) is 12.4 Å². The monoisotopic (exact) mass is 284 g/mol. The minimum atomic E-state index is -0.359. The average molecular weight is 285 g/mol. The van der Waals surface area contributed by atoms with E-state index in [9.17, 15) is 5.11 Å². The van der Waals surface area contributed by atoms with E-state index in [0.717, 1.165) is 5.56 Å². The molecule has 2 aromatic heterocycles. The minimum Gasteiger partial charge on any atom is -0.394 e. The van der Waals surface area contributed by atoms with Crippen LogP contribution in [0.15, 0.2) is 30.7 Å². The van der Waals surface area contributed by atoms with Crippen molar-refractivity contribution in [3.05, 3.63) is 46.6 Å². The molecule has 0 aromatic carbocycles. The zero-order valence-corrected chi connectivity index (χ0v) is 10.7. The number of rotatable bonds is 4. The number of hydrogen-bond donors (Lipinski definition) is 2. The minimum absolute atomic E-state index is 0.0878. The molecule has 0 saturated carbocycles. The summed E-state index contributed by atoms with van der Waals surface area (Å²) in [7, 11) is 0. The third-order valence-electron chi connectivity index (χ3n) is 2.30. The zero-order chi connectivity index (χ0) is 13.0. The molecule has 7 heteroatoms. The van der Waals surface area contributed by atoms with Crippen molar-refractivity contribution in [1.29, 1.82) is 0 Å². The van der Waals surface area contributed by atoms with Crippen molar-refractivity contribution in [1.82, 2.24) is 15.0 Å². The van der Waals surface area contributed by atoms with Gasteiger partial charge in [0.25, 0.3) is 0 Å². The van der Waals surface area contributed by atoms with Gasteiger partial charge in [-0.25, -0.2) is 4.98 Å². The standard InChI is InChI=1S/C11H10Cl2N4O/c12-8-5-15-11(13)17-10(8)16-9(6-18)7-2-1-3-14-4-7/h1-5,9,18H,6H2,(H,15,16,17)/t9-/m1/s1. The zero-order valence-electron chi connectivity index (χ0n) is 9.22. The lowest BCUT2D eigenvalue weighted by atomic mass is 10.1. The molecule has 0 saturated heterocycles. The van der Waals surface area contributed by atoms with Crippen molar-refractivity contribution in [2.24, 2.45) is 0 Å². The number of aliphatic hydroxyl groups is 1. The van der Waals surface area contributed by atoms with Gasteiger partial charge in [0.2, 0.25) is 5.28 Å². The lowest BCUT2D eigenvalue weighted by Gasteiger charge is -2.17. The fourth-order valence-corrected chi connectivity index (χ4v) is 1.71. The highest BCUT2D eigenvalue weighted by atomic mass is 35.5. The maximum absolute atomic E-state index is 9.39. The van der Waals surface area contributed by atoms with E-state index in [1.807, 2.05) is 6.07 Å². The predicted octanol–water partition coefficient (Wildman–Crippen LogP) is 2.32. The van der Waals surface area contributed by atoms with Gasteiger partial charge < -0.3 is 10.4 Å². The van der Waals surface area contributed by atoms with Gasteiger partial charge in [-0.15, -0.1) is 0 Å². The first-order chi connectivity index (χ1) is 8.70. The van der Waals surface area contributed by atoms with Crippen LogP contribution in [0.25, 0.3) is 0 Å². The number of aliphatic hydroxyl groups excluding tert-OH is 1. The van der Waals surface area contributed by atoms with Crippen LogP contribution in [0.5, 0.6) is 0 Å². The molecule has 0 fully saturated rings. The van der Waals surface area contributed by atoms with Crippen LogP contribution >= 0.6 is 23.2 Å². The number of nitrogens with one attached hydrogen (secondary N) is 1. The Bertz CT molecular complexity index is 524. The molecule has 18 heavy (non-hydrogen) atoms. The first-order valence-electron chi connectivity index (χ1n) is 5.16. The first-order valence-corrected chi connectivity index (χ1v) is 5.91. The summed E-state index contributed by atoms with van der Waals surface area (Å²) in [5, 5.41) is 12.8. The maximum atomic E-state index is 9.39. The molecular weight excluding hydrogens is 275 g/mol. The van der Waals surface area contributed by atoms with Crippen molar-refractivity contribution in [3.8, 4) is 0 Å². The Morgan fingerprint density at radius 1 is 1.33 bits per heavy atom. The molecule has 5 nitrogen and oxygen atoms in total. The van der Waals surface area contributed by atoms with Crippen LogP contribution in [-0.4, -0.2) is 26.7 Å². The number of hydrogen-bond acceptors (Lipinski definition) is 5. The summed E-state index contributed by atoms with van der Waals surface area (Å²) in [6.45, 7) is -0.121. The molecule has 2 aromatic rings. The summed E-state index contributed by atoms with van der Waals surface area (Å²) in [5.41, 5.74) is 0.825. The summed E-state index contributed by atoms with van der Waals surface area (Å²) < 4.78 is 0. The lowest BCUT2D eigenvalue weighted by Crippen LogP contribution is -2.16. The quantitative estimate of drug-likeness (QED) is 0.844. The lowest BCUT2D eigenvalue weighted by molar-refractivity contribution is 0.276. The topological polar surface area (TPSA) is 70.9 Å². The molecule has 0 radical (unpaired) electrons. The normalized spacial score (nSPS) is 12.2. The first kappa shape index (κ1) is 13.0. The highest BCUT2D eigenvalue weighted by Crippen LogP contribution is 2.24. The van der Waals surface area contributed by atoms with E-state index in [4.69, 9.17) is 23.2 Å². The van der Waals surface area contributed by atoms with E-state index in [1.165, 1.54) is 6.20 Å². The van der Waals surface area contributed by atoms with E-state index < -0.39 is 0 Å². The fraction of sp³-hybridized carbons (Fsp3) is 0.182. The maximum Gasteiger partial charge on any atom is 0.224 e. The second kappa shape index (κ2) is 5.95. The van der Waals surface area contributed by atoms with Crippen LogP contribution in [0, 0.1) is 0 Å². The third-order valence-corrected chi connectivity index (χ3v) is 2.75. The Morgan fingerprint density at radius 2 is 2.17 bits per heavy atom. The van der Waals surface area contributed by atoms with Gasteiger partial charge in [0.15, 0.2) is 0 Å². The summed E-state index contributed by atoms with van der Waals surface area (Å²) in [5.74, 6) is 0.375. The van der Waals surface area contributed by atoms with Crippen molar-refractivity contribution < 1.29 is 5.11 Å². The van der Waals surface area contributed by atoms with Crippen molar-refractivity contribution in [2.45, 2.75) is 6.04 Å². The molecule has 2 N–H and O–H groups in total. The van der Waals surface area contributed by atoms with Gasteiger partial charge in [-0.05, 0) is 23.2 Å². The van der Waals surface area contributed by atoms with Crippen LogP contribution in [0.2, 0.25) is 10.3 Å². The smallest absolute Gasteiger partial charge is 0.224 e. The Morgan fingerprint density at radius 3 is 2.83 bits per heavy atom. The summed E-state index contributed by atoms with van der Waals surface area (Å²) >= 11 is 11.6. The second-order valence-electron chi connectivity index (χ2n) is 3.50. The number of halogens is 2. The molecular formula is C11H10Cl2N4O. The van der Waals surface area contributed by atoms with Gasteiger partial charge in [0.1, 0.15) is 10.8 Å². The van der Waals surface area contributed by atoms with Crippen LogP contribution in [0.4, 0.5) is 5.82 Å². The molecule has 0 bridgehead atoms. The van der Waals surface area contributed by atoms with Crippen molar-refractivity contribution >= 4 is 29.0 Å². The third kappa shape index (κ3) is 3.07. The van der Waals surface area contributed by atoms with E-state index >= 15 is 0 Å². The van der Waals surface area contributed by atoms with Gasteiger partial charge in [0.05, 0.1) is 18.8 Å². The molecule has 94 valence electrons. The van der Waals surface area contributed by atoms with Gasteiger partial charge in [-0.3, -0.25) is 4.98 Å².